The van der Waals surface area contributed by atoms with E-state index in [-0.39, 0.29) is 5.82 Å². The molecular formula is C21H20FNO2. The fraction of sp³-hybridized carbons (Fsp3) is 0.286. The lowest BCUT2D eigenvalue weighted by Gasteiger charge is -2.13. The van der Waals surface area contributed by atoms with Crippen molar-refractivity contribution in [1.29, 1.82) is 0 Å². The Kier molecular flexibility index (Phi) is 4.04. The molecule has 4 heteroatoms. The van der Waals surface area contributed by atoms with Crippen LogP contribution in [0.2, 0.25) is 0 Å². The molecule has 1 aliphatic carbocycles. The molecule has 0 bridgehead atoms. The van der Waals surface area contributed by atoms with Gasteiger partial charge in [0, 0.05) is 16.6 Å². The molecule has 3 nitrogen and oxygen atoms in total. The minimum atomic E-state index is -0.937. The second-order valence-electron chi connectivity index (χ2n) is 6.67. The number of fused-ring (bicyclic) bond motifs is 3. The standard InChI is InChI=1S/C21H20FNO2/c22-18-11-5-4-7-14(18)13-23-19-12-3-1-2-8-15(19)16-9-6-10-17(20(16)23)21(24)25/h4-7,9-11H,1-3,8,12-13H2,(H,24,25). The average Bonchev–Trinajstić information content (AvgIpc) is 2.76. The van der Waals surface area contributed by atoms with E-state index in [2.05, 4.69) is 0 Å². The van der Waals surface area contributed by atoms with Crippen LogP contribution in [0.4, 0.5) is 4.39 Å². The number of halogens is 1. The van der Waals surface area contributed by atoms with E-state index >= 15 is 0 Å². The fourth-order valence-corrected chi connectivity index (χ4v) is 4.01. The Morgan fingerprint density at radius 3 is 2.64 bits per heavy atom. The lowest BCUT2D eigenvalue weighted by Crippen LogP contribution is -2.09. The van der Waals surface area contributed by atoms with E-state index < -0.39 is 5.97 Å². The van der Waals surface area contributed by atoms with Gasteiger partial charge in [-0.2, -0.15) is 0 Å². The van der Waals surface area contributed by atoms with Crippen molar-refractivity contribution in [3.8, 4) is 0 Å². The van der Waals surface area contributed by atoms with Gasteiger partial charge in [0.2, 0.25) is 0 Å². The summed E-state index contributed by atoms with van der Waals surface area (Å²) in [5.41, 5.74) is 4.02. The third kappa shape index (κ3) is 2.72. The predicted molar refractivity (Wildman–Crippen MR) is 95.7 cm³/mol. The molecule has 0 fully saturated rings. The van der Waals surface area contributed by atoms with Gasteiger partial charge < -0.3 is 9.67 Å². The molecule has 3 aromatic rings. The fourth-order valence-electron chi connectivity index (χ4n) is 4.01. The summed E-state index contributed by atoms with van der Waals surface area (Å²) in [5, 5.41) is 10.7. The number of carbonyl (C=O) groups is 1. The first-order valence-corrected chi connectivity index (χ1v) is 8.76. The monoisotopic (exact) mass is 337 g/mol. The van der Waals surface area contributed by atoms with Crippen LogP contribution in [0.25, 0.3) is 10.9 Å². The maximum atomic E-state index is 14.2. The maximum absolute atomic E-state index is 14.2. The Morgan fingerprint density at radius 2 is 1.84 bits per heavy atom. The molecule has 4 rings (SSSR count). The van der Waals surface area contributed by atoms with Crippen molar-refractivity contribution in [1.82, 2.24) is 4.57 Å². The lowest BCUT2D eigenvalue weighted by molar-refractivity contribution is 0.0698. The number of carboxylic acid groups (broad SMARTS) is 1. The first kappa shape index (κ1) is 15.9. The largest absolute Gasteiger partial charge is 0.478 e. The van der Waals surface area contributed by atoms with Crippen molar-refractivity contribution in [2.45, 2.75) is 38.6 Å². The van der Waals surface area contributed by atoms with Crippen molar-refractivity contribution in [3.63, 3.8) is 0 Å². The Labute approximate surface area is 145 Å². The van der Waals surface area contributed by atoms with E-state index in [0.29, 0.717) is 17.7 Å². The smallest absolute Gasteiger partial charge is 0.337 e. The number of carboxylic acids is 1. The molecule has 2 aromatic carbocycles. The molecule has 0 saturated heterocycles. The van der Waals surface area contributed by atoms with Crippen LogP contribution in [0.1, 0.15) is 46.4 Å². The van der Waals surface area contributed by atoms with E-state index in [1.54, 1.807) is 18.2 Å². The molecular weight excluding hydrogens is 317 g/mol. The van der Waals surface area contributed by atoms with Crippen molar-refractivity contribution in [3.05, 3.63) is 70.7 Å². The van der Waals surface area contributed by atoms with Gasteiger partial charge in [-0.05, 0) is 43.4 Å². The number of hydrogen-bond acceptors (Lipinski definition) is 1. The van der Waals surface area contributed by atoms with E-state index in [4.69, 9.17) is 0 Å². The van der Waals surface area contributed by atoms with Crippen molar-refractivity contribution in [2.75, 3.05) is 0 Å². The number of nitrogens with zero attached hydrogens (tertiary/aromatic N) is 1. The zero-order chi connectivity index (χ0) is 17.4. The average molecular weight is 337 g/mol. The van der Waals surface area contributed by atoms with Crippen LogP contribution in [0.3, 0.4) is 0 Å². The molecule has 1 aromatic heterocycles. The van der Waals surface area contributed by atoms with Gasteiger partial charge in [0.05, 0.1) is 17.6 Å². The summed E-state index contributed by atoms with van der Waals surface area (Å²) in [4.78, 5) is 11.8. The van der Waals surface area contributed by atoms with Crippen LogP contribution < -0.4 is 0 Å². The summed E-state index contributed by atoms with van der Waals surface area (Å²) in [7, 11) is 0. The number of rotatable bonds is 3. The molecule has 0 unspecified atom stereocenters. The Bertz CT molecular complexity index is 958. The van der Waals surface area contributed by atoms with Crippen LogP contribution in [0, 0.1) is 5.82 Å². The van der Waals surface area contributed by atoms with Crippen LogP contribution in [-0.2, 0) is 19.4 Å². The first-order valence-electron chi connectivity index (χ1n) is 8.76. The van der Waals surface area contributed by atoms with Crippen molar-refractivity contribution >= 4 is 16.9 Å². The summed E-state index contributed by atoms with van der Waals surface area (Å²) >= 11 is 0. The molecule has 0 saturated carbocycles. The zero-order valence-corrected chi connectivity index (χ0v) is 14.0. The summed E-state index contributed by atoms with van der Waals surface area (Å²) in [6.07, 6.45) is 5.25. The summed E-state index contributed by atoms with van der Waals surface area (Å²) in [5.74, 6) is -1.19. The van der Waals surface area contributed by atoms with E-state index in [9.17, 15) is 14.3 Å². The van der Waals surface area contributed by atoms with Crippen LogP contribution in [0.15, 0.2) is 42.5 Å². The lowest BCUT2D eigenvalue weighted by atomic mass is 10.0. The highest BCUT2D eigenvalue weighted by atomic mass is 19.1. The number of aryl methyl sites for hydroxylation is 1. The number of hydrogen-bond donors (Lipinski definition) is 1. The third-order valence-electron chi connectivity index (χ3n) is 5.16. The second kappa shape index (κ2) is 6.36. The minimum absolute atomic E-state index is 0.250. The molecule has 25 heavy (non-hydrogen) atoms. The van der Waals surface area contributed by atoms with Gasteiger partial charge in [-0.1, -0.05) is 36.8 Å². The Balaban J connectivity index is 1.99. The summed E-state index contributed by atoms with van der Waals surface area (Å²) < 4.78 is 16.3. The Hall–Kier alpha value is -2.62. The molecule has 0 spiro atoms. The van der Waals surface area contributed by atoms with Gasteiger partial charge >= 0.3 is 5.97 Å². The van der Waals surface area contributed by atoms with E-state index in [0.717, 1.165) is 36.6 Å². The molecule has 0 radical (unpaired) electrons. The highest BCUT2D eigenvalue weighted by Gasteiger charge is 2.23. The molecule has 1 heterocycles. The minimum Gasteiger partial charge on any atom is -0.478 e. The van der Waals surface area contributed by atoms with Crippen molar-refractivity contribution < 1.29 is 14.3 Å². The van der Waals surface area contributed by atoms with E-state index in [1.807, 2.05) is 22.8 Å². The highest BCUT2D eigenvalue weighted by Crippen LogP contribution is 2.34. The molecule has 0 amide bonds. The summed E-state index contributed by atoms with van der Waals surface area (Å²) in [6.45, 7) is 0.364. The number of aromatic carboxylic acids is 1. The first-order chi connectivity index (χ1) is 12.2. The highest BCUT2D eigenvalue weighted by molar-refractivity contribution is 6.04. The number of aromatic nitrogens is 1. The van der Waals surface area contributed by atoms with Crippen molar-refractivity contribution in [2.24, 2.45) is 0 Å². The van der Waals surface area contributed by atoms with E-state index in [1.165, 1.54) is 23.7 Å². The Morgan fingerprint density at radius 1 is 1.04 bits per heavy atom. The van der Waals surface area contributed by atoms with Gasteiger partial charge in [0.25, 0.3) is 0 Å². The second-order valence-corrected chi connectivity index (χ2v) is 6.67. The molecule has 1 aliphatic rings. The van der Waals surface area contributed by atoms with Gasteiger partial charge in [0.1, 0.15) is 5.82 Å². The maximum Gasteiger partial charge on any atom is 0.337 e. The zero-order valence-electron chi connectivity index (χ0n) is 14.0. The van der Waals surface area contributed by atoms with Crippen LogP contribution in [-0.4, -0.2) is 15.6 Å². The molecule has 0 aliphatic heterocycles. The SMILES string of the molecule is O=C(O)c1cccc2c3c(n(Cc4ccccc4F)c12)CCCCC3. The number of benzene rings is 2. The van der Waals surface area contributed by atoms with Crippen LogP contribution in [0.5, 0.6) is 0 Å². The predicted octanol–water partition coefficient (Wildman–Crippen LogP) is 4.80. The van der Waals surface area contributed by atoms with Crippen LogP contribution >= 0.6 is 0 Å². The molecule has 0 atom stereocenters. The summed E-state index contributed by atoms with van der Waals surface area (Å²) in [6, 6.07) is 12.2. The quantitative estimate of drug-likeness (QED) is 0.698. The normalized spacial score (nSPS) is 14.3. The number of para-hydroxylation sites is 1. The topological polar surface area (TPSA) is 42.2 Å². The van der Waals surface area contributed by atoms with Gasteiger partial charge in [-0.25, -0.2) is 9.18 Å². The van der Waals surface area contributed by atoms with Gasteiger partial charge in [-0.3, -0.25) is 0 Å². The van der Waals surface area contributed by atoms with Gasteiger partial charge in [0.15, 0.2) is 0 Å². The third-order valence-corrected chi connectivity index (χ3v) is 5.16. The molecule has 128 valence electrons. The van der Waals surface area contributed by atoms with Gasteiger partial charge in [-0.15, -0.1) is 0 Å². The molecule has 1 N–H and O–H groups in total.